The van der Waals surface area contributed by atoms with Gasteiger partial charge in [-0.15, -0.1) is 0 Å². The predicted molar refractivity (Wildman–Crippen MR) is 89.7 cm³/mol. The van der Waals surface area contributed by atoms with E-state index in [1.54, 1.807) is 0 Å². The molecule has 0 aromatic heterocycles. The molecule has 0 spiro atoms. The first-order chi connectivity index (χ1) is 11.4. The van der Waals surface area contributed by atoms with E-state index in [-0.39, 0.29) is 18.5 Å². The maximum Gasteiger partial charge on any atom is 0.185 e. The smallest absolute Gasteiger partial charge is 0.185 e. The zero-order valence-electron chi connectivity index (χ0n) is 12.7. The zero-order chi connectivity index (χ0) is 15.5. The molecule has 1 fully saturated rings. The van der Waals surface area contributed by atoms with Crippen LogP contribution in [0.1, 0.15) is 35.2 Å². The van der Waals surface area contributed by atoms with Crippen molar-refractivity contribution in [2.75, 3.05) is 0 Å². The fourth-order valence-electron chi connectivity index (χ4n) is 3.00. The van der Waals surface area contributed by atoms with E-state index in [0.29, 0.717) is 0 Å². The van der Waals surface area contributed by atoms with Crippen molar-refractivity contribution in [1.82, 2.24) is 0 Å². The third kappa shape index (κ3) is 2.91. The summed E-state index contributed by atoms with van der Waals surface area (Å²) < 4.78 is 12.6. The zero-order valence-corrected chi connectivity index (χ0v) is 12.7. The molecule has 2 nitrogen and oxygen atoms in total. The van der Waals surface area contributed by atoms with E-state index in [4.69, 9.17) is 9.47 Å². The van der Waals surface area contributed by atoms with Gasteiger partial charge in [0.25, 0.3) is 0 Å². The van der Waals surface area contributed by atoms with E-state index in [1.807, 2.05) is 66.7 Å². The first-order valence-corrected chi connectivity index (χ1v) is 7.87. The van der Waals surface area contributed by atoms with Crippen LogP contribution in [0.15, 0.2) is 91.0 Å². The van der Waals surface area contributed by atoms with Crippen LogP contribution in [0.5, 0.6) is 0 Å². The second-order valence-electron chi connectivity index (χ2n) is 5.68. The summed E-state index contributed by atoms with van der Waals surface area (Å²) in [7, 11) is 0. The Morgan fingerprint density at radius 3 is 1.17 bits per heavy atom. The molecule has 3 aromatic rings. The van der Waals surface area contributed by atoms with Crippen molar-refractivity contribution in [2.24, 2.45) is 0 Å². The van der Waals surface area contributed by atoms with E-state index in [9.17, 15) is 0 Å². The minimum Gasteiger partial charge on any atom is -0.337 e. The summed E-state index contributed by atoms with van der Waals surface area (Å²) in [5.74, 6) is 0. The lowest BCUT2D eigenvalue weighted by Crippen LogP contribution is -2.06. The van der Waals surface area contributed by atoms with Gasteiger partial charge < -0.3 is 9.47 Å². The molecule has 114 valence electrons. The molecule has 2 heteroatoms. The number of hydrogen-bond donors (Lipinski definition) is 0. The lowest BCUT2D eigenvalue weighted by atomic mass is 9.99. The highest BCUT2D eigenvalue weighted by molar-refractivity contribution is 5.27. The molecule has 1 aliphatic rings. The molecule has 3 aromatic carbocycles. The van der Waals surface area contributed by atoms with Crippen LogP contribution >= 0.6 is 0 Å². The fraction of sp³-hybridized carbons (Fsp3) is 0.143. The van der Waals surface area contributed by atoms with Gasteiger partial charge in [-0.1, -0.05) is 91.0 Å². The molecule has 3 atom stereocenters. The van der Waals surface area contributed by atoms with Gasteiger partial charge in [0.1, 0.15) is 12.2 Å². The third-order valence-corrected chi connectivity index (χ3v) is 4.14. The van der Waals surface area contributed by atoms with E-state index in [1.165, 1.54) is 0 Å². The highest BCUT2D eigenvalue weighted by atomic mass is 16.7. The van der Waals surface area contributed by atoms with Crippen molar-refractivity contribution in [2.45, 2.75) is 18.5 Å². The molecular formula is C21H18O2. The number of rotatable bonds is 3. The summed E-state index contributed by atoms with van der Waals surface area (Å²) in [6, 6.07) is 30.7. The van der Waals surface area contributed by atoms with Crippen LogP contribution in [-0.4, -0.2) is 0 Å². The van der Waals surface area contributed by atoms with Crippen molar-refractivity contribution >= 4 is 0 Å². The normalized spacial score (nSPS) is 23.7. The van der Waals surface area contributed by atoms with Gasteiger partial charge in [-0.05, 0) is 11.1 Å². The Labute approximate surface area is 136 Å². The Kier molecular flexibility index (Phi) is 3.93. The molecule has 1 unspecified atom stereocenters. The Hall–Kier alpha value is -2.42. The van der Waals surface area contributed by atoms with Crippen LogP contribution in [0.2, 0.25) is 0 Å². The Bertz CT molecular complexity index is 693. The molecule has 0 radical (unpaired) electrons. The van der Waals surface area contributed by atoms with Crippen molar-refractivity contribution in [3.8, 4) is 0 Å². The third-order valence-electron chi connectivity index (χ3n) is 4.14. The molecule has 1 heterocycles. The average Bonchev–Trinajstić information content (AvgIpc) is 3.09. The maximum atomic E-state index is 6.28. The highest BCUT2D eigenvalue weighted by Crippen LogP contribution is 2.47. The predicted octanol–water partition coefficient (Wildman–Crippen LogP) is 5.21. The molecule has 1 saturated heterocycles. The van der Waals surface area contributed by atoms with Gasteiger partial charge in [0.15, 0.2) is 6.29 Å². The van der Waals surface area contributed by atoms with Crippen LogP contribution in [0, 0.1) is 0 Å². The average molecular weight is 302 g/mol. The minimum absolute atomic E-state index is 0.108. The van der Waals surface area contributed by atoms with Crippen molar-refractivity contribution in [3.63, 3.8) is 0 Å². The summed E-state index contributed by atoms with van der Waals surface area (Å²) in [6.07, 6.45) is -0.556. The summed E-state index contributed by atoms with van der Waals surface area (Å²) in [5.41, 5.74) is 3.33. The molecule has 23 heavy (non-hydrogen) atoms. The molecule has 0 aliphatic carbocycles. The largest absolute Gasteiger partial charge is 0.337 e. The molecular weight excluding hydrogens is 284 g/mol. The van der Waals surface area contributed by atoms with E-state index in [0.717, 1.165) is 16.7 Å². The van der Waals surface area contributed by atoms with Crippen LogP contribution in [0.25, 0.3) is 0 Å². The number of benzene rings is 3. The van der Waals surface area contributed by atoms with Crippen LogP contribution < -0.4 is 0 Å². The summed E-state index contributed by atoms with van der Waals surface area (Å²) in [4.78, 5) is 0. The maximum absolute atomic E-state index is 6.28. The van der Waals surface area contributed by atoms with Gasteiger partial charge >= 0.3 is 0 Å². The monoisotopic (exact) mass is 302 g/mol. The second kappa shape index (κ2) is 6.37. The summed E-state index contributed by atoms with van der Waals surface area (Å²) >= 11 is 0. The lowest BCUT2D eigenvalue weighted by Gasteiger charge is -2.17. The topological polar surface area (TPSA) is 18.5 Å². The Morgan fingerprint density at radius 2 is 0.783 bits per heavy atom. The Balaban J connectivity index is 1.70. The van der Waals surface area contributed by atoms with Gasteiger partial charge in [0.2, 0.25) is 0 Å². The van der Waals surface area contributed by atoms with Gasteiger partial charge in [0.05, 0.1) is 0 Å². The number of hydrogen-bond acceptors (Lipinski definition) is 2. The van der Waals surface area contributed by atoms with E-state index < -0.39 is 0 Å². The number of ether oxygens (including phenoxy) is 2. The first-order valence-electron chi connectivity index (χ1n) is 7.87. The van der Waals surface area contributed by atoms with Crippen LogP contribution in [0.4, 0.5) is 0 Å². The van der Waals surface area contributed by atoms with Crippen LogP contribution in [0.3, 0.4) is 0 Å². The molecule has 0 saturated carbocycles. The molecule has 0 amide bonds. The molecule has 0 N–H and O–H groups in total. The SMILES string of the molecule is c1ccc(C2O[C@H](c3ccccc3)[C@H](c3ccccc3)O2)cc1. The van der Waals surface area contributed by atoms with E-state index in [2.05, 4.69) is 24.3 Å². The molecule has 4 rings (SSSR count). The Morgan fingerprint density at radius 1 is 0.435 bits per heavy atom. The standard InChI is InChI=1S/C21H18O2/c1-4-10-16(11-5-1)19-20(17-12-6-2-7-13-17)23-21(22-19)18-14-8-3-9-15-18/h1-15,19-21H/t19-,20+,21?. The fourth-order valence-corrected chi connectivity index (χ4v) is 3.00. The quantitative estimate of drug-likeness (QED) is 0.661. The van der Waals surface area contributed by atoms with Crippen LogP contribution in [-0.2, 0) is 9.47 Å². The minimum atomic E-state index is -0.341. The van der Waals surface area contributed by atoms with Gasteiger partial charge in [-0.25, -0.2) is 0 Å². The summed E-state index contributed by atoms with van der Waals surface area (Å²) in [5, 5.41) is 0. The van der Waals surface area contributed by atoms with Crippen molar-refractivity contribution in [3.05, 3.63) is 108 Å². The van der Waals surface area contributed by atoms with Crippen molar-refractivity contribution in [1.29, 1.82) is 0 Å². The van der Waals surface area contributed by atoms with E-state index >= 15 is 0 Å². The summed E-state index contributed by atoms with van der Waals surface area (Å²) in [6.45, 7) is 0. The first kappa shape index (κ1) is 14.2. The lowest BCUT2D eigenvalue weighted by molar-refractivity contribution is -0.0698. The van der Waals surface area contributed by atoms with Crippen molar-refractivity contribution < 1.29 is 9.47 Å². The highest BCUT2D eigenvalue weighted by Gasteiger charge is 2.38. The van der Waals surface area contributed by atoms with Gasteiger partial charge in [0, 0.05) is 5.56 Å². The van der Waals surface area contributed by atoms with Gasteiger partial charge in [-0.2, -0.15) is 0 Å². The van der Waals surface area contributed by atoms with Gasteiger partial charge in [-0.3, -0.25) is 0 Å². The molecule has 0 bridgehead atoms. The second-order valence-corrected chi connectivity index (χ2v) is 5.68. The molecule has 1 aliphatic heterocycles.